The fourth-order valence-corrected chi connectivity index (χ4v) is 3.74. The van der Waals surface area contributed by atoms with Crippen LogP contribution in [0.25, 0.3) is 0 Å². The second-order valence-corrected chi connectivity index (χ2v) is 8.58. The van der Waals surface area contributed by atoms with Gasteiger partial charge in [-0.2, -0.15) is 0 Å². The van der Waals surface area contributed by atoms with E-state index >= 15 is 0 Å². The molecule has 33 heavy (non-hydrogen) atoms. The van der Waals surface area contributed by atoms with Crippen molar-refractivity contribution in [1.29, 1.82) is 0 Å². The fraction of sp³-hybridized carbons (Fsp3) is 0.125. The largest absolute Gasteiger partial charge is 0.325 e. The van der Waals surface area contributed by atoms with E-state index in [1.165, 1.54) is 43.0 Å². The molecule has 1 unspecified atom stereocenters. The van der Waals surface area contributed by atoms with Gasteiger partial charge in [0.2, 0.25) is 5.91 Å². The summed E-state index contributed by atoms with van der Waals surface area (Å²) in [4.78, 5) is 47.3. The number of Topliss-reactive ketones (excluding diaryl/α,β-unsaturated/α-hetero) is 1. The van der Waals surface area contributed by atoms with Gasteiger partial charge in [0.25, 0.3) is 11.6 Å². The molecular formula is C24H21N3O5S. The molecule has 0 saturated carbocycles. The predicted octanol–water partition coefficient (Wildman–Crippen LogP) is 5.17. The number of anilines is 2. The summed E-state index contributed by atoms with van der Waals surface area (Å²) in [6.07, 6.45) is 0. The van der Waals surface area contributed by atoms with Crippen molar-refractivity contribution in [1.82, 2.24) is 0 Å². The number of non-ortho nitro benzene ring substituents is 1. The lowest BCUT2D eigenvalue weighted by Gasteiger charge is -2.13. The molecule has 0 aromatic heterocycles. The van der Waals surface area contributed by atoms with Gasteiger partial charge in [-0.25, -0.2) is 0 Å². The van der Waals surface area contributed by atoms with Crippen molar-refractivity contribution in [2.45, 2.75) is 24.0 Å². The van der Waals surface area contributed by atoms with Gasteiger partial charge in [0.05, 0.1) is 10.2 Å². The monoisotopic (exact) mass is 463 g/mol. The smallest absolute Gasteiger partial charge is 0.270 e. The molecule has 0 aliphatic rings. The Hall–Kier alpha value is -3.98. The van der Waals surface area contributed by atoms with Gasteiger partial charge < -0.3 is 10.6 Å². The molecule has 0 radical (unpaired) electrons. The standard InChI is InChI=1S/C24H21N3O5S/c1-15(28)17-6-8-19(9-7-17)25-23(29)16(2)33-22-12-10-20(11-13-22)26-24(30)18-4-3-5-21(14-18)27(31)32/h3-14,16H,1-2H3,(H,25,29)(H,26,30). The van der Waals surface area contributed by atoms with Crippen LogP contribution < -0.4 is 10.6 Å². The zero-order valence-electron chi connectivity index (χ0n) is 17.9. The zero-order chi connectivity index (χ0) is 24.0. The second kappa shape index (κ2) is 10.6. The van der Waals surface area contributed by atoms with Crippen molar-refractivity contribution in [3.05, 3.63) is 94.0 Å². The Bertz CT molecular complexity index is 1190. The topological polar surface area (TPSA) is 118 Å². The number of benzene rings is 3. The lowest BCUT2D eigenvalue weighted by atomic mass is 10.1. The molecular weight excluding hydrogens is 442 g/mol. The number of nitro benzene ring substituents is 1. The minimum absolute atomic E-state index is 0.0403. The lowest BCUT2D eigenvalue weighted by molar-refractivity contribution is -0.384. The molecule has 0 aliphatic heterocycles. The molecule has 0 saturated heterocycles. The number of ketones is 1. The summed E-state index contributed by atoms with van der Waals surface area (Å²) < 4.78 is 0. The van der Waals surface area contributed by atoms with Crippen LogP contribution in [0.5, 0.6) is 0 Å². The molecule has 0 fully saturated rings. The van der Waals surface area contributed by atoms with E-state index in [2.05, 4.69) is 10.6 Å². The third kappa shape index (κ3) is 6.50. The van der Waals surface area contributed by atoms with Crippen LogP contribution in [0.1, 0.15) is 34.6 Å². The molecule has 0 spiro atoms. The zero-order valence-corrected chi connectivity index (χ0v) is 18.7. The highest BCUT2D eigenvalue weighted by atomic mass is 32.2. The molecule has 3 aromatic carbocycles. The summed E-state index contributed by atoms with van der Waals surface area (Å²) in [5.74, 6) is -0.678. The fourth-order valence-electron chi connectivity index (χ4n) is 2.87. The number of carbonyl (C=O) groups is 3. The summed E-state index contributed by atoms with van der Waals surface area (Å²) in [6, 6.07) is 19.1. The Morgan fingerprint density at radius 1 is 0.879 bits per heavy atom. The van der Waals surface area contributed by atoms with Gasteiger partial charge in [-0.15, -0.1) is 11.8 Å². The van der Waals surface area contributed by atoms with E-state index < -0.39 is 10.8 Å². The predicted molar refractivity (Wildman–Crippen MR) is 128 cm³/mol. The molecule has 0 bridgehead atoms. The molecule has 1 atom stereocenters. The van der Waals surface area contributed by atoms with Crippen molar-refractivity contribution in [2.24, 2.45) is 0 Å². The number of amides is 2. The van der Waals surface area contributed by atoms with Gasteiger partial charge in [0, 0.05) is 39.5 Å². The first kappa shape index (κ1) is 23.7. The van der Waals surface area contributed by atoms with Gasteiger partial charge in [-0.1, -0.05) is 6.07 Å². The molecule has 0 aliphatic carbocycles. The Labute approximate surface area is 194 Å². The van der Waals surface area contributed by atoms with Crippen molar-refractivity contribution < 1.29 is 19.3 Å². The quantitative estimate of drug-likeness (QED) is 0.206. The minimum atomic E-state index is -0.554. The summed E-state index contributed by atoms with van der Waals surface area (Å²) in [7, 11) is 0. The Morgan fingerprint density at radius 3 is 2.09 bits per heavy atom. The average molecular weight is 464 g/mol. The van der Waals surface area contributed by atoms with Crippen molar-refractivity contribution in [2.75, 3.05) is 10.6 Å². The Balaban J connectivity index is 1.56. The normalized spacial score (nSPS) is 11.3. The summed E-state index contributed by atoms with van der Waals surface area (Å²) >= 11 is 1.35. The number of rotatable bonds is 8. The number of hydrogen-bond donors (Lipinski definition) is 2. The van der Waals surface area contributed by atoms with Crippen LogP contribution >= 0.6 is 11.8 Å². The van der Waals surface area contributed by atoms with Crippen LogP contribution in [0.2, 0.25) is 0 Å². The highest BCUT2D eigenvalue weighted by molar-refractivity contribution is 8.00. The van der Waals surface area contributed by atoms with E-state index in [0.29, 0.717) is 16.9 Å². The number of thioether (sulfide) groups is 1. The van der Waals surface area contributed by atoms with Crippen molar-refractivity contribution in [3.8, 4) is 0 Å². The third-order valence-electron chi connectivity index (χ3n) is 4.67. The van der Waals surface area contributed by atoms with Gasteiger partial charge >= 0.3 is 0 Å². The first-order chi connectivity index (χ1) is 15.7. The number of nitro groups is 1. The minimum Gasteiger partial charge on any atom is -0.325 e. The molecule has 0 heterocycles. The van der Waals surface area contributed by atoms with Gasteiger partial charge in [-0.3, -0.25) is 24.5 Å². The first-order valence-electron chi connectivity index (χ1n) is 9.97. The molecule has 3 rings (SSSR count). The van der Waals surface area contributed by atoms with E-state index in [0.717, 1.165) is 4.90 Å². The maximum atomic E-state index is 12.5. The van der Waals surface area contributed by atoms with Crippen LogP contribution in [0.3, 0.4) is 0 Å². The molecule has 2 N–H and O–H groups in total. The SMILES string of the molecule is CC(=O)c1ccc(NC(=O)C(C)Sc2ccc(NC(=O)c3cccc([N+](=O)[O-])c3)cc2)cc1. The average Bonchev–Trinajstić information content (AvgIpc) is 2.80. The molecule has 168 valence electrons. The van der Waals surface area contributed by atoms with Crippen LogP contribution in [-0.2, 0) is 4.79 Å². The van der Waals surface area contributed by atoms with E-state index in [4.69, 9.17) is 0 Å². The molecule has 2 amide bonds. The third-order valence-corrected chi connectivity index (χ3v) is 5.78. The van der Waals surface area contributed by atoms with E-state index in [9.17, 15) is 24.5 Å². The lowest BCUT2D eigenvalue weighted by Crippen LogP contribution is -2.22. The van der Waals surface area contributed by atoms with Gasteiger partial charge in [-0.05, 0) is 68.4 Å². The van der Waals surface area contributed by atoms with Gasteiger partial charge in [0.1, 0.15) is 0 Å². The summed E-state index contributed by atoms with van der Waals surface area (Å²) in [6.45, 7) is 3.26. The van der Waals surface area contributed by atoms with E-state index in [1.807, 2.05) is 0 Å². The number of nitrogens with one attached hydrogen (secondary N) is 2. The number of nitrogens with zero attached hydrogens (tertiary/aromatic N) is 1. The summed E-state index contributed by atoms with van der Waals surface area (Å²) in [5, 5.41) is 16.0. The van der Waals surface area contributed by atoms with Crippen LogP contribution in [0.4, 0.5) is 17.1 Å². The maximum Gasteiger partial charge on any atom is 0.270 e. The maximum absolute atomic E-state index is 12.5. The highest BCUT2D eigenvalue weighted by Gasteiger charge is 2.16. The first-order valence-corrected chi connectivity index (χ1v) is 10.9. The van der Waals surface area contributed by atoms with Crippen LogP contribution in [-0.4, -0.2) is 27.8 Å². The Morgan fingerprint density at radius 2 is 1.48 bits per heavy atom. The van der Waals surface area contributed by atoms with Crippen LogP contribution in [0, 0.1) is 10.1 Å². The number of hydrogen-bond acceptors (Lipinski definition) is 6. The summed E-state index contributed by atoms with van der Waals surface area (Å²) in [5.41, 5.74) is 1.74. The number of carbonyl (C=O) groups excluding carboxylic acids is 3. The van der Waals surface area contributed by atoms with Crippen molar-refractivity contribution >= 4 is 46.4 Å². The highest BCUT2D eigenvalue weighted by Crippen LogP contribution is 2.26. The van der Waals surface area contributed by atoms with Crippen LogP contribution in [0.15, 0.2) is 77.7 Å². The van der Waals surface area contributed by atoms with E-state index in [-0.39, 0.29) is 28.2 Å². The molecule has 9 heteroatoms. The van der Waals surface area contributed by atoms with Crippen molar-refractivity contribution in [3.63, 3.8) is 0 Å². The Kier molecular flexibility index (Phi) is 7.57. The van der Waals surface area contributed by atoms with E-state index in [1.54, 1.807) is 55.5 Å². The second-order valence-electron chi connectivity index (χ2n) is 7.17. The molecule has 8 nitrogen and oxygen atoms in total. The molecule has 3 aromatic rings. The van der Waals surface area contributed by atoms with Gasteiger partial charge in [0.15, 0.2) is 5.78 Å².